The van der Waals surface area contributed by atoms with Crippen LogP contribution in [-0.2, 0) is 4.79 Å². The minimum absolute atomic E-state index is 0.221. The lowest BCUT2D eigenvalue weighted by molar-refractivity contribution is -0.134. The number of benzene rings is 1. The van der Waals surface area contributed by atoms with E-state index < -0.39 is 5.97 Å². The molecule has 98 valence electrons. The molecule has 0 fully saturated rings. The fraction of sp³-hybridized carbons (Fsp3) is 0.100. The summed E-state index contributed by atoms with van der Waals surface area (Å²) < 4.78 is 0. The summed E-state index contributed by atoms with van der Waals surface area (Å²) in [6.07, 6.45) is 1.49. The zero-order valence-electron chi connectivity index (χ0n) is 9.45. The third-order valence-corrected chi connectivity index (χ3v) is 2.08. The van der Waals surface area contributed by atoms with Gasteiger partial charge in [-0.2, -0.15) is 5.10 Å². The standard InChI is InChI=1S/C8H8Cl2N4.C2H4O2/c9-6-2-1-5(3-7(6)10)4-13-14-8(11)12;1-2(3)4/h1-4H,(H4,11,12,14);1H3,(H,3,4)/b13-4+;. The van der Waals surface area contributed by atoms with E-state index >= 15 is 0 Å². The maximum Gasteiger partial charge on any atom is 0.300 e. The van der Waals surface area contributed by atoms with Crippen LogP contribution in [0.5, 0.6) is 0 Å². The van der Waals surface area contributed by atoms with Crippen LogP contribution in [0, 0.1) is 5.41 Å². The number of hydrogen-bond acceptors (Lipinski definition) is 3. The van der Waals surface area contributed by atoms with E-state index in [1.54, 1.807) is 18.2 Å². The number of halogens is 2. The molecule has 1 aromatic carbocycles. The first kappa shape index (κ1) is 16.2. The van der Waals surface area contributed by atoms with Gasteiger partial charge < -0.3 is 10.8 Å². The molecule has 0 saturated heterocycles. The van der Waals surface area contributed by atoms with Crippen molar-refractivity contribution in [3.63, 3.8) is 0 Å². The number of carbonyl (C=O) groups is 1. The molecule has 6 nitrogen and oxygen atoms in total. The van der Waals surface area contributed by atoms with Crippen molar-refractivity contribution in [1.29, 1.82) is 5.41 Å². The van der Waals surface area contributed by atoms with Crippen LogP contribution < -0.4 is 11.2 Å². The number of nitrogens with one attached hydrogen (secondary N) is 2. The summed E-state index contributed by atoms with van der Waals surface area (Å²) in [7, 11) is 0. The molecule has 0 aliphatic heterocycles. The molecule has 0 radical (unpaired) electrons. The van der Waals surface area contributed by atoms with Crippen LogP contribution in [0.25, 0.3) is 0 Å². The van der Waals surface area contributed by atoms with E-state index in [2.05, 4.69) is 10.5 Å². The van der Waals surface area contributed by atoms with Crippen LogP contribution >= 0.6 is 23.2 Å². The predicted octanol–water partition coefficient (Wildman–Crippen LogP) is 1.90. The van der Waals surface area contributed by atoms with Crippen molar-refractivity contribution < 1.29 is 9.90 Å². The lowest BCUT2D eigenvalue weighted by Gasteiger charge is -1.97. The van der Waals surface area contributed by atoms with Gasteiger partial charge in [0.2, 0.25) is 5.96 Å². The summed E-state index contributed by atoms with van der Waals surface area (Å²) in [4.78, 5) is 9.00. The third kappa shape index (κ3) is 8.37. The van der Waals surface area contributed by atoms with E-state index in [4.69, 9.17) is 44.2 Å². The Hall–Kier alpha value is -1.79. The lowest BCUT2D eigenvalue weighted by Crippen LogP contribution is -2.25. The normalized spacial score (nSPS) is 9.50. The number of hydrazone groups is 1. The van der Waals surface area contributed by atoms with Gasteiger partial charge in [-0.1, -0.05) is 29.3 Å². The van der Waals surface area contributed by atoms with Gasteiger partial charge in [0, 0.05) is 6.92 Å². The third-order valence-electron chi connectivity index (χ3n) is 1.34. The van der Waals surface area contributed by atoms with Crippen LogP contribution in [0.1, 0.15) is 12.5 Å². The number of carboxylic acids is 1. The molecule has 0 aliphatic rings. The SMILES string of the molecule is CC(=O)O.N=C(N)N/N=C/c1ccc(Cl)c(Cl)c1. The largest absolute Gasteiger partial charge is 0.481 e. The molecule has 18 heavy (non-hydrogen) atoms. The molecule has 0 heterocycles. The van der Waals surface area contributed by atoms with Crippen molar-refractivity contribution in [3.05, 3.63) is 33.8 Å². The van der Waals surface area contributed by atoms with Crippen LogP contribution in [0.4, 0.5) is 0 Å². The van der Waals surface area contributed by atoms with Gasteiger partial charge in [0.1, 0.15) is 0 Å². The summed E-state index contributed by atoms with van der Waals surface area (Å²) in [6.45, 7) is 1.08. The molecule has 0 amide bonds. The van der Waals surface area contributed by atoms with Gasteiger partial charge in [0.05, 0.1) is 16.3 Å². The number of carboxylic acid groups (broad SMARTS) is 1. The van der Waals surface area contributed by atoms with Crippen molar-refractivity contribution in [2.45, 2.75) is 6.92 Å². The molecule has 1 aromatic rings. The highest BCUT2D eigenvalue weighted by Gasteiger charge is 1.96. The average Bonchev–Trinajstić information content (AvgIpc) is 2.22. The minimum Gasteiger partial charge on any atom is -0.481 e. The van der Waals surface area contributed by atoms with E-state index in [9.17, 15) is 0 Å². The van der Waals surface area contributed by atoms with Crippen molar-refractivity contribution >= 4 is 41.3 Å². The first-order valence-electron chi connectivity index (χ1n) is 4.60. The highest BCUT2D eigenvalue weighted by atomic mass is 35.5. The molecular weight excluding hydrogens is 279 g/mol. The molecule has 0 aliphatic carbocycles. The van der Waals surface area contributed by atoms with E-state index in [1.807, 2.05) is 0 Å². The fourth-order valence-electron chi connectivity index (χ4n) is 0.769. The maximum atomic E-state index is 9.00. The van der Waals surface area contributed by atoms with E-state index in [1.165, 1.54) is 6.21 Å². The number of nitrogens with zero attached hydrogens (tertiary/aromatic N) is 1. The molecule has 0 aromatic heterocycles. The van der Waals surface area contributed by atoms with E-state index in [0.717, 1.165) is 12.5 Å². The first-order valence-corrected chi connectivity index (χ1v) is 5.36. The molecule has 0 unspecified atom stereocenters. The van der Waals surface area contributed by atoms with Gasteiger partial charge in [-0.05, 0) is 17.7 Å². The second-order valence-corrected chi connectivity index (χ2v) is 3.79. The summed E-state index contributed by atoms with van der Waals surface area (Å²) >= 11 is 11.5. The topological polar surface area (TPSA) is 112 Å². The van der Waals surface area contributed by atoms with Gasteiger partial charge in [-0.25, -0.2) is 5.43 Å². The highest BCUT2D eigenvalue weighted by molar-refractivity contribution is 6.42. The van der Waals surface area contributed by atoms with Crippen molar-refractivity contribution in [3.8, 4) is 0 Å². The number of nitrogens with two attached hydrogens (primary N) is 1. The van der Waals surface area contributed by atoms with Crippen LogP contribution in [-0.4, -0.2) is 23.2 Å². The van der Waals surface area contributed by atoms with Gasteiger partial charge in [-0.3, -0.25) is 10.2 Å². The second-order valence-electron chi connectivity index (χ2n) is 2.98. The zero-order chi connectivity index (χ0) is 14.1. The average molecular weight is 291 g/mol. The van der Waals surface area contributed by atoms with Gasteiger partial charge in [-0.15, -0.1) is 0 Å². The molecule has 5 N–H and O–H groups in total. The Morgan fingerprint density at radius 3 is 2.50 bits per heavy atom. The molecule has 0 spiro atoms. The zero-order valence-corrected chi connectivity index (χ0v) is 11.0. The Morgan fingerprint density at radius 2 is 2.06 bits per heavy atom. The molecule has 8 heteroatoms. The van der Waals surface area contributed by atoms with Crippen LogP contribution in [0.15, 0.2) is 23.3 Å². The Kier molecular flexibility index (Phi) is 7.50. The Morgan fingerprint density at radius 1 is 1.50 bits per heavy atom. The first-order chi connectivity index (χ1) is 8.32. The quantitative estimate of drug-likeness (QED) is 0.379. The summed E-state index contributed by atoms with van der Waals surface area (Å²) in [5, 5.41) is 18.9. The summed E-state index contributed by atoms with van der Waals surface area (Å²) in [5.74, 6) is -1.05. The number of rotatable bonds is 2. The Bertz CT molecular complexity index is 459. The van der Waals surface area contributed by atoms with Crippen molar-refractivity contribution in [2.24, 2.45) is 10.8 Å². The van der Waals surface area contributed by atoms with Gasteiger partial charge in [0.25, 0.3) is 5.97 Å². The second kappa shape index (κ2) is 8.32. The summed E-state index contributed by atoms with van der Waals surface area (Å²) in [6, 6.07) is 5.08. The van der Waals surface area contributed by atoms with Crippen molar-refractivity contribution in [1.82, 2.24) is 5.43 Å². The molecule has 0 atom stereocenters. The molecule has 1 rings (SSSR count). The Labute approximate surface area is 114 Å². The molecular formula is C10H12Cl2N4O2. The van der Waals surface area contributed by atoms with Crippen LogP contribution in [0.3, 0.4) is 0 Å². The van der Waals surface area contributed by atoms with Crippen LogP contribution in [0.2, 0.25) is 10.0 Å². The van der Waals surface area contributed by atoms with E-state index in [-0.39, 0.29) is 5.96 Å². The van der Waals surface area contributed by atoms with E-state index in [0.29, 0.717) is 10.0 Å². The number of hydrogen-bond donors (Lipinski definition) is 4. The molecule has 0 bridgehead atoms. The minimum atomic E-state index is -0.833. The summed E-state index contributed by atoms with van der Waals surface area (Å²) in [5.41, 5.74) is 8.08. The number of aliphatic carboxylic acids is 1. The number of guanidine groups is 1. The monoisotopic (exact) mass is 290 g/mol. The van der Waals surface area contributed by atoms with Gasteiger partial charge in [0.15, 0.2) is 0 Å². The Balaban J connectivity index is 0.000000631. The van der Waals surface area contributed by atoms with Gasteiger partial charge >= 0.3 is 0 Å². The van der Waals surface area contributed by atoms with Crippen molar-refractivity contribution in [2.75, 3.05) is 0 Å². The highest BCUT2D eigenvalue weighted by Crippen LogP contribution is 2.21. The predicted molar refractivity (Wildman–Crippen MR) is 72.4 cm³/mol. The fourth-order valence-corrected chi connectivity index (χ4v) is 1.08. The molecule has 0 saturated carbocycles. The smallest absolute Gasteiger partial charge is 0.300 e. The maximum absolute atomic E-state index is 9.00. The lowest BCUT2D eigenvalue weighted by atomic mass is 10.2.